The quantitative estimate of drug-likeness (QED) is 0.855. The van der Waals surface area contributed by atoms with Crippen LogP contribution in [0.1, 0.15) is 30.4 Å². The number of nitrogens with zero attached hydrogens (tertiary/aromatic N) is 1. The van der Waals surface area contributed by atoms with Gasteiger partial charge in [-0.15, -0.1) is 6.58 Å². The number of nitrogens with one attached hydrogen (secondary N) is 1. The molecule has 1 aromatic rings. The Labute approximate surface area is 121 Å². The van der Waals surface area contributed by atoms with Crippen LogP contribution in [-0.2, 0) is 4.79 Å². The average Bonchev–Trinajstić information content (AvgIpc) is 2.46. The van der Waals surface area contributed by atoms with Gasteiger partial charge < -0.3 is 10.2 Å². The molecule has 1 aliphatic heterocycles. The predicted molar refractivity (Wildman–Crippen MR) is 84.1 cm³/mol. The third-order valence-corrected chi connectivity index (χ3v) is 3.90. The Kier molecular flexibility index (Phi) is 4.96. The van der Waals surface area contributed by atoms with Crippen LogP contribution in [0.15, 0.2) is 30.9 Å². The number of amides is 1. The van der Waals surface area contributed by atoms with Crippen LogP contribution in [0.25, 0.3) is 0 Å². The molecule has 3 nitrogen and oxygen atoms in total. The van der Waals surface area contributed by atoms with Gasteiger partial charge in [0, 0.05) is 12.2 Å². The molecule has 1 aliphatic rings. The number of piperidine rings is 1. The molecule has 1 heterocycles. The minimum absolute atomic E-state index is 0.0530. The Bertz CT molecular complexity index is 470. The van der Waals surface area contributed by atoms with Crippen molar-refractivity contribution in [1.82, 2.24) is 5.32 Å². The first-order valence-electron chi connectivity index (χ1n) is 7.37. The minimum Gasteiger partial charge on any atom is -0.307 e. The second-order valence-electron chi connectivity index (χ2n) is 5.48. The maximum Gasteiger partial charge on any atom is 0.244 e. The summed E-state index contributed by atoms with van der Waals surface area (Å²) in [5, 5.41) is 3.34. The van der Waals surface area contributed by atoms with Gasteiger partial charge in [0.15, 0.2) is 0 Å². The van der Waals surface area contributed by atoms with E-state index in [1.807, 2.05) is 11.0 Å². The molecule has 3 heteroatoms. The van der Waals surface area contributed by atoms with Crippen molar-refractivity contribution in [3.8, 4) is 0 Å². The number of carbonyl (C=O) groups is 1. The van der Waals surface area contributed by atoms with E-state index in [1.165, 1.54) is 0 Å². The molecule has 0 aliphatic carbocycles. The number of hydrogen-bond donors (Lipinski definition) is 1. The molecule has 108 valence electrons. The lowest BCUT2D eigenvalue weighted by Gasteiger charge is -2.31. The molecule has 1 unspecified atom stereocenters. The molecular weight excluding hydrogens is 248 g/mol. The van der Waals surface area contributed by atoms with Crippen molar-refractivity contribution in [3.63, 3.8) is 0 Å². The lowest BCUT2D eigenvalue weighted by Crippen LogP contribution is -2.49. The van der Waals surface area contributed by atoms with E-state index in [4.69, 9.17) is 0 Å². The third-order valence-electron chi connectivity index (χ3n) is 3.90. The van der Waals surface area contributed by atoms with E-state index in [-0.39, 0.29) is 11.9 Å². The number of aryl methyl sites for hydroxylation is 2. The topological polar surface area (TPSA) is 32.3 Å². The van der Waals surface area contributed by atoms with E-state index in [2.05, 4.69) is 37.9 Å². The molecule has 0 aromatic heterocycles. The lowest BCUT2D eigenvalue weighted by atomic mass is 10.0. The summed E-state index contributed by atoms with van der Waals surface area (Å²) in [4.78, 5) is 14.7. The van der Waals surface area contributed by atoms with Crippen LogP contribution in [0.2, 0.25) is 0 Å². The fourth-order valence-electron chi connectivity index (χ4n) is 2.90. The molecule has 1 aromatic carbocycles. The first-order valence-corrected chi connectivity index (χ1v) is 7.37. The fraction of sp³-hybridized carbons (Fsp3) is 0.471. The third kappa shape index (κ3) is 3.10. The van der Waals surface area contributed by atoms with E-state index in [9.17, 15) is 4.79 Å². The molecule has 1 N–H and O–H groups in total. The maximum atomic E-state index is 12.8. The molecule has 0 bridgehead atoms. The van der Waals surface area contributed by atoms with Crippen molar-refractivity contribution in [3.05, 3.63) is 42.0 Å². The summed E-state index contributed by atoms with van der Waals surface area (Å²) in [7, 11) is 0. The zero-order valence-electron chi connectivity index (χ0n) is 12.5. The summed E-state index contributed by atoms with van der Waals surface area (Å²) < 4.78 is 0. The SMILES string of the molecule is C=CCN(C(=O)C1CCCCN1)c1c(C)cccc1C. The number of anilines is 1. The molecule has 0 spiro atoms. The van der Waals surface area contributed by atoms with Crippen molar-refractivity contribution in [2.75, 3.05) is 18.0 Å². The lowest BCUT2D eigenvalue weighted by molar-refractivity contribution is -0.121. The van der Waals surface area contributed by atoms with E-state index >= 15 is 0 Å². The van der Waals surface area contributed by atoms with Crippen molar-refractivity contribution in [2.24, 2.45) is 0 Å². The molecule has 0 saturated carbocycles. The highest BCUT2D eigenvalue weighted by Crippen LogP contribution is 2.26. The average molecular weight is 272 g/mol. The molecule has 1 atom stereocenters. The van der Waals surface area contributed by atoms with Crippen LogP contribution in [0.3, 0.4) is 0 Å². The minimum atomic E-state index is -0.0530. The summed E-state index contributed by atoms with van der Waals surface area (Å²) in [5.41, 5.74) is 3.30. The molecule has 2 rings (SSSR count). The summed E-state index contributed by atoms with van der Waals surface area (Å²) >= 11 is 0. The van der Waals surface area contributed by atoms with E-state index in [1.54, 1.807) is 6.08 Å². The normalized spacial score (nSPS) is 18.6. The van der Waals surface area contributed by atoms with Crippen LogP contribution >= 0.6 is 0 Å². The first kappa shape index (κ1) is 14.8. The zero-order chi connectivity index (χ0) is 14.5. The Balaban J connectivity index is 2.30. The number of rotatable bonds is 4. The Hall–Kier alpha value is -1.61. The van der Waals surface area contributed by atoms with Gasteiger partial charge in [0.1, 0.15) is 0 Å². The summed E-state index contributed by atoms with van der Waals surface area (Å²) in [6, 6.07) is 6.09. The van der Waals surface area contributed by atoms with E-state index < -0.39 is 0 Å². The Morgan fingerprint density at radius 3 is 2.65 bits per heavy atom. The Morgan fingerprint density at radius 1 is 1.40 bits per heavy atom. The van der Waals surface area contributed by atoms with Gasteiger partial charge >= 0.3 is 0 Å². The molecule has 1 saturated heterocycles. The predicted octanol–water partition coefficient (Wildman–Crippen LogP) is 2.96. The van der Waals surface area contributed by atoms with Gasteiger partial charge in [-0.25, -0.2) is 0 Å². The van der Waals surface area contributed by atoms with Crippen molar-refractivity contribution in [2.45, 2.75) is 39.2 Å². The van der Waals surface area contributed by atoms with Crippen LogP contribution in [0.4, 0.5) is 5.69 Å². The van der Waals surface area contributed by atoms with Gasteiger partial charge in [-0.3, -0.25) is 4.79 Å². The molecule has 20 heavy (non-hydrogen) atoms. The summed E-state index contributed by atoms with van der Waals surface area (Å²) in [6.45, 7) is 9.40. The summed E-state index contributed by atoms with van der Waals surface area (Å²) in [6.07, 6.45) is 5.01. The highest BCUT2D eigenvalue weighted by atomic mass is 16.2. The number of benzene rings is 1. The van der Waals surface area contributed by atoms with Crippen LogP contribution in [0, 0.1) is 13.8 Å². The molecule has 1 fully saturated rings. The molecule has 0 radical (unpaired) electrons. The maximum absolute atomic E-state index is 12.8. The first-order chi connectivity index (χ1) is 9.65. The highest BCUT2D eigenvalue weighted by Gasteiger charge is 2.27. The van der Waals surface area contributed by atoms with Crippen molar-refractivity contribution < 1.29 is 4.79 Å². The summed E-state index contributed by atoms with van der Waals surface area (Å²) in [5.74, 6) is 0.169. The van der Waals surface area contributed by atoms with Gasteiger partial charge in [-0.1, -0.05) is 30.7 Å². The van der Waals surface area contributed by atoms with Gasteiger partial charge in [-0.05, 0) is 44.4 Å². The fourth-order valence-corrected chi connectivity index (χ4v) is 2.90. The van der Waals surface area contributed by atoms with E-state index in [0.29, 0.717) is 6.54 Å². The van der Waals surface area contributed by atoms with Crippen LogP contribution in [0.5, 0.6) is 0 Å². The van der Waals surface area contributed by atoms with Crippen molar-refractivity contribution >= 4 is 11.6 Å². The Morgan fingerprint density at radius 2 is 2.10 bits per heavy atom. The van der Waals surface area contributed by atoms with Gasteiger partial charge in [0.2, 0.25) is 5.91 Å². The van der Waals surface area contributed by atoms with Crippen molar-refractivity contribution in [1.29, 1.82) is 0 Å². The van der Waals surface area contributed by atoms with Gasteiger partial charge in [0.05, 0.1) is 6.04 Å². The smallest absolute Gasteiger partial charge is 0.244 e. The van der Waals surface area contributed by atoms with Gasteiger partial charge in [-0.2, -0.15) is 0 Å². The van der Waals surface area contributed by atoms with Crippen LogP contribution in [-0.4, -0.2) is 25.0 Å². The molecule has 1 amide bonds. The zero-order valence-corrected chi connectivity index (χ0v) is 12.5. The standard InChI is InChI=1S/C17H24N2O/c1-4-12-19(16-13(2)8-7-9-14(16)3)17(20)15-10-5-6-11-18-15/h4,7-9,15,18H,1,5-6,10-12H2,2-3H3. The second-order valence-corrected chi connectivity index (χ2v) is 5.48. The largest absolute Gasteiger partial charge is 0.307 e. The highest BCUT2D eigenvalue weighted by molar-refractivity contribution is 5.98. The van der Waals surface area contributed by atoms with E-state index in [0.717, 1.165) is 42.6 Å². The number of para-hydroxylation sites is 1. The second kappa shape index (κ2) is 6.71. The number of hydrogen-bond acceptors (Lipinski definition) is 2. The molecular formula is C17H24N2O. The van der Waals surface area contributed by atoms with Crippen LogP contribution < -0.4 is 10.2 Å². The monoisotopic (exact) mass is 272 g/mol. The van der Waals surface area contributed by atoms with Gasteiger partial charge in [0.25, 0.3) is 0 Å². The number of carbonyl (C=O) groups excluding carboxylic acids is 1.